The van der Waals surface area contributed by atoms with Gasteiger partial charge in [-0.15, -0.1) is 0 Å². The minimum Gasteiger partial charge on any atom is -0.399 e. The van der Waals surface area contributed by atoms with Crippen LogP contribution in [0.1, 0.15) is 19.4 Å². The molecule has 134 valence electrons. The summed E-state index contributed by atoms with van der Waals surface area (Å²) in [7, 11) is 0. The van der Waals surface area contributed by atoms with Gasteiger partial charge in [-0.05, 0) is 30.2 Å². The topological polar surface area (TPSA) is 26.0 Å². The van der Waals surface area contributed by atoms with E-state index >= 15 is 0 Å². The van der Waals surface area contributed by atoms with E-state index in [0.29, 0.717) is 0 Å². The molecule has 0 aliphatic carbocycles. The van der Waals surface area contributed by atoms with E-state index in [1.54, 1.807) is 0 Å². The molecule has 0 unspecified atom stereocenters. The van der Waals surface area contributed by atoms with Crippen molar-refractivity contribution in [2.24, 2.45) is 0 Å². The summed E-state index contributed by atoms with van der Waals surface area (Å²) in [4.78, 5) is 0. The molecule has 0 atom stereocenters. The zero-order chi connectivity index (χ0) is 19.0. The third-order valence-corrected chi connectivity index (χ3v) is 2.30. The van der Waals surface area contributed by atoms with Crippen LogP contribution in [0.4, 0.5) is 32.0 Å². The van der Waals surface area contributed by atoms with Crippen LogP contribution in [0, 0.1) is 6.92 Å². The second kappa shape index (κ2) is 9.20. The second-order valence-electron chi connectivity index (χ2n) is 5.05. The highest BCUT2D eigenvalue weighted by Crippen LogP contribution is 2.20. The molecule has 0 spiro atoms. The van der Waals surface area contributed by atoms with Crippen LogP contribution in [0.2, 0.25) is 0 Å². The van der Waals surface area contributed by atoms with E-state index in [1.165, 1.54) is 16.7 Å². The Hall–Kier alpha value is -2.18. The molecule has 1 nitrogen and oxygen atoms in total. The normalized spacial score (nSPS) is 10.9. The van der Waals surface area contributed by atoms with Crippen molar-refractivity contribution in [3.8, 4) is 11.1 Å². The van der Waals surface area contributed by atoms with E-state index in [2.05, 4.69) is 31.2 Å². The molecule has 7 heteroatoms. The molecule has 0 aliphatic rings. The third kappa shape index (κ3) is 14.7. The van der Waals surface area contributed by atoms with Crippen molar-refractivity contribution in [1.82, 2.24) is 0 Å². The van der Waals surface area contributed by atoms with Crippen LogP contribution in [0.25, 0.3) is 11.1 Å². The summed E-state index contributed by atoms with van der Waals surface area (Å²) in [5.41, 5.74) is 10.2. The Kier molecular flexibility index (Phi) is 8.36. The number of halogens is 6. The first-order valence-corrected chi connectivity index (χ1v) is 6.82. The summed E-state index contributed by atoms with van der Waals surface area (Å²) in [6, 6.07) is 16.4. The number of hydrogen-bond acceptors (Lipinski definition) is 1. The number of alkyl halides is 6. The van der Waals surface area contributed by atoms with Gasteiger partial charge in [0.15, 0.2) is 0 Å². The van der Waals surface area contributed by atoms with Crippen molar-refractivity contribution in [1.29, 1.82) is 0 Å². The van der Waals surface area contributed by atoms with Crippen LogP contribution in [0.15, 0.2) is 48.5 Å². The number of anilines is 1. The zero-order valence-corrected chi connectivity index (χ0v) is 13.5. The average Bonchev–Trinajstić information content (AvgIpc) is 2.37. The predicted molar refractivity (Wildman–Crippen MR) is 84.5 cm³/mol. The smallest absolute Gasteiger partial charge is 0.386 e. The largest absolute Gasteiger partial charge is 0.399 e. The molecule has 0 fully saturated rings. The van der Waals surface area contributed by atoms with Crippen LogP contribution < -0.4 is 5.73 Å². The van der Waals surface area contributed by atoms with Crippen molar-refractivity contribution in [2.75, 3.05) is 5.73 Å². The summed E-state index contributed by atoms with van der Waals surface area (Å²) in [5, 5.41) is 0. The molecule has 2 N–H and O–H groups in total. The van der Waals surface area contributed by atoms with Gasteiger partial charge in [0.25, 0.3) is 0 Å². The SMILES string of the molecule is CC(F)(F)F.CC(F)(F)F.Cc1ccc(-c2ccc(N)cc2)cc1. The van der Waals surface area contributed by atoms with Gasteiger partial charge in [0.05, 0.1) is 0 Å². The number of nitrogens with two attached hydrogens (primary N) is 1. The van der Waals surface area contributed by atoms with Gasteiger partial charge in [0.2, 0.25) is 0 Å². The highest BCUT2D eigenvalue weighted by atomic mass is 19.4. The highest BCUT2D eigenvalue weighted by molar-refractivity contribution is 5.65. The summed E-state index contributed by atoms with van der Waals surface area (Å²) in [6.07, 6.45) is -8.00. The lowest BCUT2D eigenvalue weighted by Gasteiger charge is -2.02. The van der Waals surface area contributed by atoms with Crippen LogP contribution >= 0.6 is 0 Å². The maximum absolute atomic E-state index is 10.4. The van der Waals surface area contributed by atoms with Crippen molar-refractivity contribution in [3.05, 3.63) is 54.1 Å². The van der Waals surface area contributed by atoms with E-state index in [9.17, 15) is 26.3 Å². The molecule has 24 heavy (non-hydrogen) atoms. The Morgan fingerprint density at radius 3 is 1.17 bits per heavy atom. The average molecular weight is 351 g/mol. The first kappa shape index (κ1) is 21.8. The molecule has 2 aromatic rings. The van der Waals surface area contributed by atoms with E-state index in [-0.39, 0.29) is 13.8 Å². The third-order valence-electron chi connectivity index (χ3n) is 2.30. The van der Waals surface area contributed by atoms with Crippen LogP contribution in [0.3, 0.4) is 0 Å². The monoisotopic (exact) mass is 351 g/mol. The number of hydrogen-bond donors (Lipinski definition) is 1. The molecule has 2 aromatic carbocycles. The van der Waals surface area contributed by atoms with Crippen LogP contribution in [-0.4, -0.2) is 12.4 Å². The number of nitrogen functional groups attached to an aromatic ring is 1. The molecule has 2 rings (SSSR count). The van der Waals surface area contributed by atoms with Crippen molar-refractivity contribution < 1.29 is 26.3 Å². The van der Waals surface area contributed by atoms with Gasteiger partial charge in [-0.2, -0.15) is 26.3 Å². The first-order chi connectivity index (χ1) is 10.8. The standard InChI is InChI=1S/C13H13N.2C2H3F3/c1-10-2-4-11(5-3-10)12-6-8-13(14)9-7-12;2*1-2(3,4)5/h2-9H,14H2,1H3;2*1H3. The van der Waals surface area contributed by atoms with Crippen LogP contribution in [0.5, 0.6) is 0 Å². The molecule has 0 amide bonds. The van der Waals surface area contributed by atoms with Gasteiger partial charge in [-0.25, -0.2) is 0 Å². The van der Waals surface area contributed by atoms with E-state index in [1.807, 2.05) is 24.3 Å². The minimum absolute atomic E-state index is 0.188. The van der Waals surface area contributed by atoms with Crippen molar-refractivity contribution >= 4 is 5.69 Å². The van der Waals surface area contributed by atoms with E-state index in [4.69, 9.17) is 5.73 Å². The zero-order valence-electron chi connectivity index (χ0n) is 13.5. The molecular weight excluding hydrogens is 332 g/mol. The number of rotatable bonds is 1. The highest BCUT2D eigenvalue weighted by Gasteiger charge is 2.16. The lowest BCUT2D eigenvalue weighted by Crippen LogP contribution is -1.95. The molecule has 0 aliphatic heterocycles. The fourth-order valence-electron chi connectivity index (χ4n) is 1.42. The minimum atomic E-state index is -4.00. The summed E-state index contributed by atoms with van der Waals surface area (Å²) >= 11 is 0. The van der Waals surface area contributed by atoms with E-state index in [0.717, 1.165) is 5.69 Å². The van der Waals surface area contributed by atoms with Crippen LogP contribution in [-0.2, 0) is 0 Å². The molecule has 0 radical (unpaired) electrons. The Bertz CT molecular complexity index is 515. The fraction of sp³-hybridized carbons (Fsp3) is 0.294. The quantitative estimate of drug-likeness (QED) is 0.468. The number of aryl methyl sites for hydroxylation is 1. The molecule has 0 saturated carbocycles. The molecule has 0 bridgehead atoms. The lowest BCUT2D eigenvalue weighted by molar-refractivity contribution is -0.111. The molecular formula is C17H19F6N. The Labute approximate surface area is 137 Å². The van der Waals surface area contributed by atoms with Gasteiger partial charge < -0.3 is 5.73 Å². The fourth-order valence-corrected chi connectivity index (χ4v) is 1.42. The summed E-state index contributed by atoms with van der Waals surface area (Å²) in [6.45, 7) is 2.47. The molecule has 0 aromatic heterocycles. The maximum Gasteiger partial charge on any atom is 0.386 e. The molecule has 0 saturated heterocycles. The molecule has 0 heterocycles. The second-order valence-corrected chi connectivity index (χ2v) is 5.05. The van der Waals surface area contributed by atoms with Gasteiger partial charge in [0.1, 0.15) is 0 Å². The van der Waals surface area contributed by atoms with E-state index < -0.39 is 12.4 Å². The first-order valence-electron chi connectivity index (χ1n) is 6.82. The van der Waals surface area contributed by atoms with Gasteiger partial charge in [0, 0.05) is 19.5 Å². The lowest BCUT2D eigenvalue weighted by atomic mass is 10.0. The van der Waals surface area contributed by atoms with Gasteiger partial charge >= 0.3 is 12.4 Å². The van der Waals surface area contributed by atoms with Gasteiger partial charge in [-0.1, -0.05) is 42.0 Å². The Morgan fingerprint density at radius 2 is 0.875 bits per heavy atom. The Balaban J connectivity index is 0.000000442. The van der Waals surface area contributed by atoms with Gasteiger partial charge in [-0.3, -0.25) is 0 Å². The Morgan fingerprint density at radius 1 is 0.625 bits per heavy atom. The summed E-state index contributed by atoms with van der Waals surface area (Å²) < 4.78 is 62.1. The predicted octanol–water partition coefficient (Wildman–Crippen LogP) is 6.38. The summed E-state index contributed by atoms with van der Waals surface area (Å²) in [5.74, 6) is 0. The van der Waals surface area contributed by atoms with Crippen molar-refractivity contribution in [2.45, 2.75) is 33.1 Å². The number of benzene rings is 2. The maximum atomic E-state index is 10.4. The van der Waals surface area contributed by atoms with Crippen molar-refractivity contribution in [3.63, 3.8) is 0 Å².